The van der Waals surface area contributed by atoms with E-state index in [2.05, 4.69) is 5.32 Å². The average Bonchev–Trinajstić information content (AvgIpc) is 2.23. The first-order valence-corrected chi connectivity index (χ1v) is 6.82. The SMILES string of the molecule is NS(=O)(=O)CCCNC(=O)c1c(O)cccc1O. The van der Waals surface area contributed by atoms with Crippen molar-refractivity contribution >= 4 is 15.9 Å². The highest BCUT2D eigenvalue weighted by molar-refractivity contribution is 7.89. The fraction of sp³-hybridized carbons (Fsp3) is 0.300. The Kier molecular flexibility index (Phi) is 4.51. The van der Waals surface area contributed by atoms with E-state index in [0.29, 0.717) is 0 Å². The molecule has 0 radical (unpaired) electrons. The number of sulfonamides is 1. The van der Waals surface area contributed by atoms with Crippen LogP contribution in [-0.2, 0) is 10.0 Å². The summed E-state index contributed by atoms with van der Waals surface area (Å²) in [6.45, 7) is 0.0725. The van der Waals surface area contributed by atoms with E-state index in [0.717, 1.165) is 0 Å². The van der Waals surface area contributed by atoms with Crippen LogP contribution >= 0.6 is 0 Å². The van der Waals surface area contributed by atoms with E-state index in [1.54, 1.807) is 0 Å². The highest BCUT2D eigenvalue weighted by atomic mass is 32.2. The number of nitrogens with two attached hydrogens (primary N) is 1. The van der Waals surface area contributed by atoms with Crippen molar-refractivity contribution in [3.63, 3.8) is 0 Å². The molecule has 7 nitrogen and oxygen atoms in total. The van der Waals surface area contributed by atoms with Gasteiger partial charge in [0.15, 0.2) is 0 Å². The number of primary sulfonamides is 1. The smallest absolute Gasteiger partial charge is 0.258 e. The molecule has 0 saturated heterocycles. The van der Waals surface area contributed by atoms with Gasteiger partial charge in [0.1, 0.15) is 17.1 Å². The summed E-state index contributed by atoms with van der Waals surface area (Å²) in [5.41, 5.74) is -0.242. The molecule has 0 aliphatic heterocycles. The Morgan fingerprint density at radius 2 is 1.83 bits per heavy atom. The molecule has 8 heteroatoms. The summed E-state index contributed by atoms with van der Waals surface area (Å²) >= 11 is 0. The number of hydrogen-bond acceptors (Lipinski definition) is 5. The molecule has 1 aromatic rings. The minimum atomic E-state index is -3.55. The molecular formula is C10H14N2O5S. The predicted molar refractivity (Wildman–Crippen MR) is 64.7 cm³/mol. The van der Waals surface area contributed by atoms with Crippen molar-refractivity contribution < 1.29 is 23.4 Å². The maximum absolute atomic E-state index is 11.6. The van der Waals surface area contributed by atoms with Crippen molar-refractivity contribution in [2.45, 2.75) is 6.42 Å². The predicted octanol–water partition coefficient (Wildman–Crippen LogP) is -0.494. The number of hydrogen-bond donors (Lipinski definition) is 4. The molecule has 0 unspecified atom stereocenters. The number of phenols is 2. The number of amides is 1. The van der Waals surface area contributed by atoms with Crippen LogP contribution in [0.1, 0.15) is 16.8 Å². The molecular weight excluding hydrogens is 260 g/mol. The van der Waals surface area contributed by atoms with Crippen LogP contribution in [0.3, 0.4) is 0 Å². The lowest BCUT2D eigenvalue weighted by Gasteiger charge is -2.07. The van der Waals surface area contributed by atoms with Crippen molar-refractivity contribution in [1.29, 1.82) is 0 Å². The maximum Gasteiger partial charge on any atom is 0.258 e. The van der Waals surface area contributed by atoms with Crippen LogP contribution < -0.4 is 10.5 Å². The summed E-state index contributed by atoms with van der Waals surface area (Å²) in [6.07, 6.45) is 0.152. The quantitative estimate of drug-likeness (QED) is 0.538. The van der Waals surface area contributed by atoms with Gasteiger partial charge in [-0.2, -0.15) is 0 Å². The second-order valence-corrected chi connectivity index (χ2v) is 5.38. The summed E-state index contributed by atoms with van der Waals surface area (Å²) in [5, 5.41) is 26.0. The second kappa shape index (κ2) is 5.69. The zero-order chi connectivity index (χ0) is 13.8. The van der Waals surface area contributed by atoms with Crippen molar-refractivity contribution in [2.24, 2.45) is 5.14 Å². The van der Waals surface area contributed by atoms with Gasteiger partial charge in [0.05, 0.1) is 5.75 Å². The molecule has 0 aliphatic carbocycles. The Morgan fingerprint density at radius 3 is 2.33 bits per heavy atom. The monoisotopic (exact) mass is 274 g/mol. The van der Waals surface area contributed by atoms with Gasteiger partial charge in [0.2, 0.25) is 10.0 Å². The molecule has 0 fully saturated rings. The largest absolute Gasteiger partial charge is 0.507 e. The molecule has 1 aromatic carbocycles. The third kappa shape index (κ3) is 4.22. The molecule has 0 atom stereocenters. The first-order valence-electron chi connectivity index (χ1n) is 5.11. The van der Waals surface area contributed by atoms with Crippen LogP contribution in [0.25, 0.3) is 0 Å². The van der Waals surface area contributed by atoms with Gasteiger partial charge in [-0.15, -0.1) is 0 Å². The first-order chi connectivity index (χ1) is 8.31. The van der Waals surface area contributed by atoms with Crippen LogP contribution in [0.2, 0.25) is 0 Å². The fourth-order valence-corrected chi connectivity index (χ4v) is 1.87. The summed E-state index contributed by atoms with van der Waals surface area (Å²) < 4.78 is 21.3. The van der Waals surface area contributed by atoms with Crippen molar-refractivity contribution in [3.05, 3.63) is 23.8 Å². The topological polar surface area (TPSA) is 130 Å². The van der Waals surface area contributed by atoms with Gasteiger partial charge < -0.3 is 15.5 Å². The van der Waals surface area contributed by atoms with Crippen LogP contribution in [0, 0.1) is 0 Å². The van der Waals surface area contributed by atoms with E-state index in [9.17, 15) is 23.4 Å². The zero-order valence-electron chi connectivity index (χ0n) is 9.46. The van der Waals surface area contributed by atoms with Crippen LogP contribution in [0.15, 0.2) is 18.2 Å². The first kappa shape index (κ1) is 14.3. The summed E-state index contributed by atoms with van der Waals surface area (Å²) in [5.74, 6) is -1.63. The van der Waals surface area contributed by atoms with E-state index in [-0.39, 0.29) is 35.8 Å². The van der Waals surface area contributed by atoms with E-state index >= 15 is 0 Å². The summed E-state index contributed by atoms with van der Waals surface area (Å²) in [7, 11) is -3.55. The number of carbonyl (C=O) groups is 1. The van der Waals surface area contributed by atoms with E-state index in [1.165, 1.54) is 18.2 Å². The molecule has 0 saturated carbocycles. The zero-order valence-corrected chi connectivity index (χ0v) is 10.3. The second-order valence-electron chi connectivity index (χ2n) is 3.65. The number of aromatic hydroxyl groups is 2. The highest BCUT2D eigenvalue weighted by Crippen LogP contribution is 2.25. The van der Waals surface area contributed by atoms with Gasteiger partial charge in [-0.3, -0.25) is 4.79 Å². The molecule has 0 spiro atoms. The minimum Gasteiger partial charge on any atom is -0.507 e. The third-order valence-corrected chi connectivity index (χ3v) is 3.00. The summed E-state index contributed by atoms with van der Waals surface area (Å²) in [4.78, 5) is 11.6. The van der Waals surface area contributed by atoms with Crippen LogP contribution in [0.5, 0.6) is 11.5 Å². The van der Waals surface area contributed by atoms with Crippen LogP contribution in [-0.4, -0.2) is 36.8 Å². The number of carbonyl (C=O) groups excluding carboxylic acids is 1. The molecule has 0 aliphatic rings. The molecule has 5 N–H and O–H groups in total. The van der Waals surface area contributed by atoms with Crippen molar-refractivity contribution in [1.82, 2.24) is 5.32 Å². The van der Waals surface area contributed by atoms with E-state index < -0.39 is 15.9 Å². The molecule has 0 aromatic heterocycles. The van der Waals surface area contributed by atoms with Gasteiger partial charge >= 0.3 is 0 Å². The Morgan fingerprint density at radius 1 is 1.28 bits per heavy atom. The normalized spacial score (nSPS) is 11.2. The molecule has 1 rings (SSSR count). The third-order valence-electron chi connectivity index (χ3n) is 2.14. The van der Waals surface area contributed by atoms with Gasteiger partial charge in [-0.05, 0) is 18.6 Å². The Labute approximate surface area is 104 Å². The number of rotatable bonds is 5. The Bertz CT molecular complexity index is 521. The number of phenolic OH excluding ortho intramolecular Hbond substituents is 2. The molecule has 0 heterocycles. The maximum atomic E-state index is 11.6. The van der Waals surface area contributed by atoms with Gasteiger partial charge in [-0.1, -0.05) is 6.07 Å². The van der Waals surface area contributed by atoms with Crippen molar-refractivity contribution in [3.8, 4) is 11.5 Å². The van der Waals surface area contributed by atoms with Gasteiger partial charge in [0, 0.05) is 6.54 Å². The lowest BCUT2D eigenvalue weighted by Crippen LogP contribution is -2.27. The summed E-state index contributed by atoms with van der Waals surface area (Å²) in [6, 6.07) is 3.92. The van der Waals surface area contributed by atoms with Crippen LogP contribution in [0.4, 0.5) is 0 Å². The molecule has 1 amide bonds. The Hall–Kier alpha value is -1.80. The lowest BCUT2D eigenvalue weighted by molar-refractivity contribution is 0.0948. The number of benzene rings is 1. The number of nitrogens with one attached hydrogen (secondary N) is 1. The Balaban J connectivity index is 2.56. The van der Waals surface area contributed by atoms with Gasteiger partial charge in [0.25, 0.3) is 5.91 Å². The van der Waals surface area contributed by atoms with Gasteiger partial charge in [-0.25, -0.2) is 13.6 Å². The minimum absolute atomic E-state index is 0.0725. The van der Waals surface area contributed by atoms with Crippen molar-refractivity contribution in [2.75, 3.05) is 12.3 Å². The lowest BCUT2D eigenvalue weighted by atomic mass is 10.1. The van der Waals surface area contributed by atoms with E-state index in [1.807, 2.05) is 0 Å². The van der Waals surface area contributed by atoms with E-state index in [4.69, 9.17) is 5.14 Å². The fourth-order valence-electron chi connectivity index (χ4n) is 1.32. The standard InChI is InChI=1S/C10H14N2O5S/c11-18(16,17)6-2-5-12-10(15)9-7(13)3-1-4-8(9)14/h1,3-4,13-14H,2,5-6H2,(H,12,15)(H2,11,16,17). The average molecular weight is 274 g/mol. The highest BCUT2D eigenvalue weighted by Gasteiger charge is 2.15. The molecule has 100 valence electrons. The molecule has 18 heavy (non-hydrogen) atoms. The molecule has 0 bridgehead atoms.